The van der Waals surface area contributed by atoms with Gasteiger partial charge in [0.2, 0.25) is 0 Å². The maximum Gasteiger partial charge on any atom is 0.408 e. The number of benzene rings is 3. The Labute approximate surface area is 190 Å². The number of carboxylic acid groups (broad SMARTS) is 1. The summed E-state index contributed by atoms with van der Waals surface area (Å²) in [5.41, 5.74) is 3.31. The van der Waals surface area contributed by atoms with Gasteiger partial charge >= 0.3 is 12.1 Å². The van der Waals surface area contributed by atoms with E-state index in [0.717, 1.165) is 28.3 Å². The number of carbonyl (C=O) groups excluding carboxylic acids is 1. The predicted octanol–water partition coefficient (Wildman–Crippen LogP) is 5.23. The molecule has 2 N–H and O–H groups in total. The normalized spacial score (nSPS) is 13.3. The summed E-state index contributed by atoms with van der Waals surface area (Å²) in [4.78, 5) is 24.0. The second kappa shape index (κ2) is 8.62. The van der Waals surface area contributed by atoms with Crippen molar-refractivity contribution in [2.75, 3.05) is 6.61 Å². The quantitative estimate of drug-likeness (QED) is 0.347. The van der Waals surface area contributed by atoms with Crippen molar-refractivity contribution in [2.45, 2.75) is 12.0 Å². The highest BCUT2D eigenvalue weighted by molar-refractivity contribution is 14.1. The maximum atomic E-state index is 14.4. The largest absolute Gasteiger partial charge is 0.479 e. The molecule has 0 radical (unpaired) electrons. The van der Waals surface area contributed by atoms with Crippen LogP contribution in [-0.2, 0) is 9.53 Å². The Hall–Kier alpha value is -3.01. The summed E-state index contributed by atoms with van der Waals surface area (Å²) in [6.45, 7) is -0.0521. The van der Waals surface area contributed by atoms with Crippen LogP contribution in [0.4, 0.5) is 13.6 Å². The number of fused-ring (bicyclic) bond motifs is 3. The molecule has 0 aromatic heterocycles. The van der Waals surface area contributed by atoms with E-state index in [4.69, 9.17) is 4.74 Å². The molecule has 0 saturated carbocycles. The number of amides is 1. The maximum absolute atomic E-state index is 14.4. The number of nitrogens with one attached hydrogen (secondary N) is 1. The molecule has 0 aliphatic heterocycles. The number of alkyl carbamates (subject to hydrolysis) is 1. The van der Waals surface area contributed by atoms with Crippen LogP contribution in [0.25, 0.3) is 11.1 Å². The van der Waals surface area contributed by atoms with Gasteiger partial charge < -0.3 is 15.2 Å². The summed E-state index contributed by atoms with van der Waals surface area (Å²) in [6.07, 6.45) is -1.08. The van der Waals surface area contributed by atoms with Crippen LogP contribution in [0.2, 0.25) is 0 Å². The number of carbonyl (C=O) groups is 2. The zero-order valence-corrected chi connectivity index (χ0v) is 18.1. The molecule has 1 aliphatic rings. The molecule has 0 spiro atoms. The molecule has 4 rings (SSSR count). The molecule has 3 aromatic carbocycles. The Morgan fingerprint density at radius 1 is 1.00 bits per heavy atom. The first kappa shape index (κ1) is 21.2. The Balaban J connectivity index is 1.53. The first-order valence-electron chi connectivity index (χ1n) is 9.36. The lowest BCUT2D eigenvalue weighted by Gasteiger charge is -2.18. The van der Waals surface area contributed by atoms with Crippen molar-refractivity contribution in [3.63, 3.8) is 0 Å². The fraction of sp³-hybridized carbons (Fsp3) is 0.130. The number of rotatable bonds is 5. The van der Waals surface area contributed by atoms with Crippen molar-refractivity contribution in [2.24, 2.45) is 0 Å². The standard InChI is InChI=1S/C23H16F2INO4/c24-17-9-10-18(26)20(25)19(17)21(22(28)29)27-23(30)31-11-16-14-7-3-1-5-12(14)13-6-2-4-8-15(13)16/h1-10,16,21H,11H2,(H,27,30)(H,28,29). The number of carboxylic acids is 1. The highest BCUT2D eigenvalue weighted by atomic mass is 127. The van der Waals surface area contributed by atoms with Gasteiger partial charge in [0, 0.05) is 9.49 Å². The Morgan fingerprint density at radius 3 is 2.16 bits per heavy atom. The zero-order valence-electron chi connectivity index (χ0n) is 15.9. The molecule has 1 unspecified atom stereocenters. The highest BCUT2D eigenvalue weighted by Crippen LogP contribution is 2.44. The average molecular weight is 535 g/mol. The lowest BCUT2D eigenvalue weighted by atomic mass is 9.98. The van der Waals surface area contributed by atoms with Crippen molar-refractivity contribution in [3.05, 3.63) is 92.6 Å². The molecule has 0 saturated heterocycles. The predicted molar refractivity (Wildman–Crippen MR) is 118 cm³/mol. The SMILES string of the molecule is O=C(NC(C(=O)O)c1c(F)ccc(I)c1F)OCC1c2ccccc2-c2ccccc21. The van der Waals surface area contributed by atoms with Gasteiger partial charge in [-0.1, -0.05) is 48.5 Å². The van der Waals surface area contributed by atoms with Gasteiger partial charge in [-0.15, -0.1) is 0 Å². The van der Waals surface area contributed by atoms with Gasteiger partial charge in [-0.3, -0.25) is 0 Å². The van der Waals surface area contributed by atoms with E-state index in [1.165, 1.54) is 6.07 Å². The molecule has 8 heteroatoms. The number of ether oxygens (including phenoxy) is 1. The highest BCUT2D eigenvalue weighted by Gasteiger charge is 2.32. The van der Waals surface area contributed by atoms with Crippen LogP contribution in [0.1, 0.15) is 28.7 Å². The third-order valence-corrected chi connectivity index (χ3v) is 6.05. The fourth-order valence-corrected chi connectivity index (χ4v) is 4.29. The van der Waals surface area contributed by atoms with Gasteiger partial charge in [-0.2, -0.15) is 0 Å². The van der Waals surface area contributed by atoms with E-state index < -0.39 is 35.3 Å². The van der Waals surface area contributed by atoms with Crippen LogP contribution in [0.5, 0.6) is 0 Å². The van der Waals surface area contributed by atoms with Crippen molar-refractivity contribution in [1.82, 2.24) is 5.32 Å². The van der Waals surface area contributed by atoms with Crippen molar-refractivity contribution in [3.8, 4) is 11.1 Å². The van der Waals surface area contributed by atoms with Gasteiger partial charge in [0.15, 0.2) is 6.04 Å². The van der Waals surface area contributed by atoms with Gasteiger partial charge in [-0.25, -0.2) is 18.4 Å². The summed E-state index contributed by atoms with van der Waals surface area (Å²) in [5.74, 6) is -3.93. The second-order valence-corrected chi connectivity index (χ2v) is 8.16. The van der Waals surface area contributed by atoms with Crippen molar-refractivity contribution < 1.29 is 28.2 Å². The van der Waals surface area contributed by atoms with Crippen molar-refractivity contribution >= 4 is 34.7 Å². The van der Waals surface area contributed by atoms with Crippen LogP contribution >= 0.6 is 22.6 Å². The lowest BCUT2D eigenvalue weighted by molar-refractivity contribution is -0.139. The van der Waals surface area contributed by atoms with Gasteiger partial charge in [-0.05, 0) is 57.0 Å². The zero-order chi connectivity index (χ0) is 22.1. The minimum atomic E-state index is -1.93. The number of hydrogen-bond acceptors (Lipinski definition) is 3. The minimum absolute atomic E-state index is 0.0367. The molecule has 158 valence electrons. The summed E-state index contributed by atoms with van der Waals surface area (Å²) in [6, 6.07) is 15.7. The smallest absolute Gasteiger partial charge is 0.408 e. The molecule has 1 amide bonds. The topological polar surface area (TPSA) is 75.6 Å². The molecule has 1 atom stereocenters. The summed E-state index contributed by atoms with van der Waals surface area (Å²) < 4.78 is 33.9. The Bertz CT molecular complexity index is 1140. The summed E-state index contributed by atoms with van der Waals surface area (Å²) in [7, 11) is 0. The summed E-state index contributed by atoms with van der Waals surface area (Å²) >= 11 is 1.62. The average Bonchev–Trinajstić information content (AvgIpc) is 3.08. The van der Waals surface area contributed by atoms with Crippen LogP contribution < -0.4 is 5.32 Å². The van der Waals surface area contributed by atoms with E-state index in [1.54, 1.807) is 22.6 Å². The second-order valence-electron chi connectivity index (χ2n) is 7.00. The monoisotopic (exact) mass is 535 g/mol. The molecule has 3 aromatic rings. The van der Waals surface area contributed by atoms with Crippen LogP contribution in [0.15, 0.2) is 60.7 Å². The van der Waals surface area contributed by atoms with Gasteiger partial charge in [0.05, 0.1) is 5.56 Å². The number of hydrogen-bond donors (Lipinski definition) is 2. The van der Waals surface area contributed by atoms with Crippen LogP contribution in [0, 0.1) is 15.2 Å². The van der Waals surface area contributed by atoms with E-state index in [2.05, 4.69) is 5.32 Å². The first-order chi connectivity index (χ1) is 14.9. The van der Waals surface area contributed by atoms with E-state index in [9.17, 15) is 23.5 Å². The molecule has 0 fully saturated rings. The first-order valence-corrected chi connectivity index (χ1v) is 10.4. The van der Waals surface area contributed by atoms with Gasteiger partial charge in [0.25, 0.3) is 0 Å². The molecule has 1 aliphatic carbocycles. The summed E-state index contributed by atoms with van der Waals surface area (Å²) in [5, 5.41) is 11.5. The molecular weight excluding hydrogens is 519 g/mol. The third-order valence-electron chi connectivity index (χ3n) is 5.22. The van der Waals surface area contributed by atoms with Gasteiger partial charge in [0.1, 0.15) is 18.2 Å². The van der Waals surface area contributed by atoms with Crippen LogP contribution in [0.3, 0.4) is 0 Å². The molecular formula is C23H16F2INO4. The third kappa shape index (κ3) is 3.99. The number of halogens is 3. The number of aliphatic carboxylic acids is 1. The molecule has 0 heterocycles. The Morgan fingerprint density at radius 2 is 1.58 bits per heavy atom. The van der Waals surface area contributed by atoms with E-state index in [-0.39, 0.29) is 16.1 Å². The fourth-order valence-electron chi connectivity index (χ4n) is 3.82. The minimum Gasteiger partial charge on any atom is -0.479 e. The molecule has 5 nitrogen and oxygen atoms in total. The lowest BCUT2D eigenvalue weighted by Crippen LogP contribution is -2.36. The van der Waals surface area contributed by atoms with E-state index in [0.29, 0.717) is 0 Å². The van der Waals surface area contributed by atoms with Crippen molar-refractivity contribution in [1.29, 1.82) is 0 Å². The van der Waals surface area contributed by atoms with E-state index >= 15 is 0 Å². The Kier molecular flexibility index (Phi) is 5.90. The van der Waals surface area contributed by atoms with Crippen LogP contribution in [-0.4, -0.2) is 23.8 Å². The molecule has 0 bridgehead atoms. The van der Waals surface area contributed by atoms with E-state index in [1.807, 2.05) is 48.5 Å². The molecule has 31 heavy (non-hydrogen) atoms.